The average Bonchev–Trinajstić information content (AvgIpc) is 3.17. The standard InChI is InChI=1S/C26H27NO5/c1-29-20-10-9-17-13-19-18-14-21(28)26(30-2,31-3)24-25(18,22(17)23(20)32-24)11-12-27(19)15-16-7-5-4-6-8-16/h4-10,14,19,24H,11-13,15H2,1-3H3/t19-,24-,25+/m1/s1. The zero-order valence-electron chi connectivity index (χ0n) is 18.6. The zero-order chi connectivity index (χ0) is 22.1. The fraction of sp³-hybridized carbons (Fsp3) is 0.423. The number of likely N-dealkylation sites (tertiary alicyclic amines) is 1. The molecule has 4 aliphatic rings. The van der Waals surface area contributed by atoms with E-state index in [0.29, 0.717) is 5.75 Å². The van der Waals surface area contributed by atoms with E-state index in [1.165, 1.54) is 25.3 Å². The van der Waals surface area contributed by atoms with Crippen molar-refractivity contribution >= 4 is 5.78 Å². The van der Waals surface area contributed by atoms with Gasteiger partial charge in [-0.15, -0.1) is 0 Å². The van der Waals surface area contributed by atoms with E-state index in [2.05, 4.69) is 35.2 Å². The van der Waals surface area contributed by atoms with Crippen LogP contribution in [0.25, 0.3) is 0 Å². The first-order chi connectivity index (χ1) is 15.6. The third kappa shape index (κ3) is 2.32. The lowest BCUT2D eigenvalue weighted by Gasteiger charge is -2.56. The van der Waals surface area contributed by atoms with E-state index in [1.54, 1.807) is 13.2 Å². The molecule has 6 heteroatoms. The summed E-state index contributed by atoms with van der Waals surface area (Å²) in [7, 11) is 4.69. The molecule has 0 aromatic heterocycles. The predicted octanol–water partition coefficient (Wildman–Crippen LogP) is 3.02. The van der Waals surface area contributed by atoms with E-state index in [1.807, 2.05) is 12.1 Å². The largest absolute Gasteiger partial charge is 0.493 e. The molecule has 166 valence electrons. The van der Waals surface area contributed by atoms with Crippen molar-refractivity contribution in [2.24, 2.45) is 0 Å². The van der Waals surface area contributed by atoms with E-state index in [-0.39, 0.29) is 11.8 Å². The van der Waals surface area contributed by atoms with Crippen LogP contribution in [-0.4, -0.2) is 56.5 Å². The number of methoxy groups -OCH3 is 3. The Morgan fingerprint density at radius 2 is 1.88 bits per heavy atom. The second-order valence-corrected chi connectivity index (χ2v) is 9.07. The molecule has 6 rings (SSSR count). The SMILES string of the molecule is COc1ccc2c3c1O[C@H]1C(OC)(OC)C(=O)C=C4[C@@H](C2)N(Cc2ccccc2)CC[C@]431. The molecule has 2 aromatic carbocycles. The lowest BCUT2D eigenvalue weighted by atomic mass is 9.55. The molecule has 0 amide bonds. The van der Waals surface area contributed by atoms with Crippen molar-refractivity contribution in [3.05, 3.63) is 70.8 Å². The Balaban J connectivity index is 1.55. The minimum atomic E-state index is -1.48. The summed E-state index contributed by atoms with van der Waals surface area (Å²) in [6.07, 6.45) is 2.85. The van der Waals surface area contributed by atoms with Crippen molar-refractivity contribution < 1.29 is 23.7 Å². The van der Waals surface area contributed by atoms with Crippen molar-refractivity contribution in [1.29, 1.82) is 0 Å². The molecular weight excluding hydrogens is 406 g/mol. The maximum atomic E-state index is 13.5. The van der Waals surface area contributed by atoms with Crippen LogP contribution in [0.2, 0.25) is 0 Å². The molecule has 0 saturated carbocycles. The molecule has 0 radical (unpaired) electrons. The molecular formula is C26H27NO5. The van der Waals surface area contributed by atoms with Gasteiger partial charge in [0.15, 0.2) is 17.6 Å². The fourth-order valence-electron chi connectivity index (χ4n) is 6.51. The summed E-state index contributed by atoms with van der Waals surface area (Å²) in [5, 5.41) is 0. The first-order valence-corrected chi connectivity index (χ1v) is 11.1. The Hall–Kier alpha value is -2.67. The van der Waals surface area contributed by atoms with Gasteiger partial charge in [0.25, 0.3) is 5.79 Å². The van der Waals surface area contributed by atoms with Crippen molar-refractivity contribution in [3.8, 4) is 11.5 Å². The van der Waals surface area contributed by atoms with Crippen LogP contribution in [0.15, 0.2) is 54.1 Å². The Morgan fingerprint density at radius 3 is 2.59 bits per heavy atom. The molecule has 2 bridgehead atoms. The number of rotatable bonds is 5. The van der Waals surface area contributed by atoms with Crippen LogP contribution in [0.3, 0.4) is 0 Å². The molecule has 3 atom stereocenters. The highest BCUT2D eigenvalue weighted by Crippen LogP contribution is 2.64. The summed E-state index contributed by atoms with van der Waals surface area (Å²) < 4.78 is 23.8. The lowest BCUT2D eigenvalue weighted by molar-refractivity contribution is -0.248. The van der Waals surface area contributed by atoms with Gasteiger partial charge in [-0.3, -0.25) is 9.69 Å². The molecule has 6 nitrogen and oxygen atoms in total. The second kappa shape index (κ2) is 6.91. The van der Waals surface area contributed by atoms with Gasteiger partial charge < -0.3 is 18.9 Å². The van der Waals surface area contributed by atoms with Crippen LogP contribution in [0.1, 0.15) is 23.1 Å². The Kier molecular flexibility index (Phi) is 4.31. The van der Waals surface area contributed by atoms with Crippen molar-refractivity contribution in [1.82, 2.24) is 4.90 Å². The molecule has 2 aromatic rings. The van der Waals surface area contributed by atoms with Gasteiger partial charge in [0, 0.05) is 38.9 Å². The van der Waals surface area contributed by atoms with Crippen LogP contribution in [0.4, 0.5) is 0 Å². The number of ether oxygens (including phenoxy) is 4. The Bertz CT molecular complexity index is 1120. The van der Waals surface area contributed by atoms with Gasteiger partial charge >= 0.3 is 0 Å². The Morgan fingerprint density at radius 1 is 1.09 bits per heavy atom. The molecule has 2 heterocycles. The van der Waals surface area contributed by atoms with E-state index < -0.39 is 17.3 Å². The Labute approximate surface area is 187 Å². The number of piperidine rings is 1. The number of carbonyl (C=O) groups is 1. The summed E-state index contributed by atoms with van der Waals surface area (Å²) in [4.78, 5) is 15.9. The predicted molar refractivity (Wildman–Crippen MR) is 118 cm³/mol. The molecule has 32 heavy (non-hydrogen) atoms. The highest BCUT2D eigenvalue weighted by molar-refractivity contribution is 6.00. The topological polar surface area (TPSA) is 57.2 Å². The first-order valence-electron chi connectivity index (χ1n) is 11.1. The van der Waals surface area contributed by atoms with Crippen LogP contribution in [0.5, 0.6) is 11.5 Å². The van der Waals surface area contributed by atoms with Crippen LogP contribution >= 0.6 is 0 Å². The monoisotopic (exact) mass is 433 g/mol. The number of benzene rings is 2. The molecule has 2 aliphatic heterocycles. The van der Waals surface area contributed by atoms with Crippen molar-refractivity contribution in [3.63, 3.8) is 0 Å². The third-order valence-corrected chi connectivity index (χ3v) is 7.89. The van der Waals surface area contributed by atoms with Crippen LogP contribution < -0.4 is 9.47 Å². The highest BCUT2D eigenvalue weighted by atomic mass is 16.7. The normalized spacial score (nSPS) is 29.2. The highest BCUT2D eigenvalue weighted by Gasteiger charge is 2.70. The summed E-state index contributed by atoms with van der Waals surface area (Å²) in [5.41, 5.74) is 4.33. The van der Waals surface area contributed by atoms with E-state index >= 15 is 0 Å². The van der Waals surface area contributed by atoms with Gasteiger partial charge in [-0.05, 0) is 41.7 Å². The average molecular weight is 434 g/mol. The smallest absolute Gasteiger partial charge is 0.272 e. The molecule has 1 spiro atoms. The minimum absolute atomic E-state index is 0.123. The maximum absolute atomic E-state index is 13.5. The van der Waals surface area contributed by atoms with E-state index in [0.717, 1.165) is 42.8 Å². The van der Waals surface area contributed by atoms with Crippen LogP contribution in [0, 0.1) is 0 Å². The zero-order valence-corrected chi connectivity index (χ0v) is 18.6. The van der Waals surface area contributed by atoms with Crippen molar-refractivity contribution in [2.75, 3.05) is 27.9 Å². The molecule has 0 unspecified atom stereocenters. The van der Waals surface area contributed by atoms with Gasteiger partial charge in [0.05, 0.1) is 12.5 Å². The van der Waals surface area contributed by atoms with Crippen LogP contribution in [-0.2, 0) is 32.6 Å². The maximum Gasteiger partial charge on any atom is 0.272 e. The van der Waals surface area contributed by atoms with Gasteiger partial charge in [0.1, 0.15) is 0 Å². The first kappa shape index (κ1) is 20.0. The minimum Gasteiger partial charge on any atom is -0.493 e. The number of hydrogen-bond donors (Lipinski definition) is 0. The summed E-state index contributed by atoms with van der Waals surface area (Å²) >= 11 is 0. The summed E-state index contributed by atoms with van der Waals surface area (Å²) in [5.74, 6) is -0.261. The quantitative estimate of drug-likeness (QED) is 0.676. The van der Waals surface area contributed by atoms with E-state index in [4.69, 9.17) is 18.9 Å². The molecule has 1 saturated heterocycles. The molecule has 1 fully saturated rings. The van der Waals surface area contributed by atoms with Gasteiger partial charge in [-0.2, -0.15) is 0 Å². The number of carbonyl (C=O) groups excluding carboxylic acids is 1. The van der Waals surface area contributed by atoms with Gasteiger partial charge in [-0.1, -0.05) is 36.4 Å². The van der Waals surface area contributed by atoms with Gasteiger partial charge in [-0.25, -0.2) is 0 Å². The summed E-state index contributed by atoms with van der Waals surface area (Å²) in [6.45, 7) is 1.74. The van der Waals surface area contributed by atoms with Crippen molar-refractivity contribution in [2.45, 2.75) is 42.7 Å². The summed E-state index contributed by atoms with van der Waals surface area (Å²) in [6, 6.07) is 14.8. The third-order valence-electron chi connectivity index (χ3n) is 7.89. The lowest BCUT2D eigenvalue weighted by Crippen LogP contribution is -2.69. The molecule has 2 aliphatic carbocycles. The molecule has 0 N–H and O–H groups in total. The van der Waals surface area contributed by atoms with Gasteiger partial charge in [0.2, 0.25) is 5.78 Å². The number of hydrogen-bond acceptors (Lipinski definition) is 6. The van der Waals surface area contributed by atoms with E-state index in [9.17, 15) is 4.79 Å². The fourth-order valence-corrected chi connectivity index (χ4v) is 6.51. The number of ketones is 1. The number of nitrogens with zero attached hydrogens (tertiary/aromatic N) is 1. The second-order valence-electron chi connectivity index (χ2n) is 9.07.